The van der Waals surface area contributed by atoms with Gasteiger partial charge >= 0.3 is 0 Å². The average Bonchev–Trinajstić information content (AvgIpc) is 3.07. The van der Waals surface area contributed by atoms with Crippen molar-refractivity contribution in [2.45, 2.75) is 38.5 Å². The summed E-state index contributed by atoms with van der Waals surface area (Å²) in [6.07, 6.45) is 9.23. The van der Waals surface area contributed by atoms with Crippen LogP contribution in [0.15, 0.2) is 24.9 Å². The summed E-state index contributed by atoms with van der Waals surface area (Å²) in [5.74, 6) is 0.981. The predicted octanol–water partition coefficient (Wildman–Crippen LogP) is 3.96. The van der Waals surface area contributed by atoms with Crippen molar-refractivity contribution in [3.63, 3.8) is 0 Å². The van der Waals surface area contributed by atoms with Crippen LogP contribution in [0, 0.1) is 0 Å². The highest BCUT2D eigenvalue weighted by Gasteiger charge is 2.26. The fraction of sp³-hybridized carbons (Fsp3) is 0.429. The number of carbonyl (C=O) groups excluding carboxylic acids is 1. The van der Waals surface area contributed by atoms with Crippen molar-refractivity contribution in [3.05, 3.63) is 34.8 Å². The van der Waals surface area contributed by atoms with Gasteiger partial charge in [-0.15, -0.1) is 11.3 Å². The van der Waals surface area contributed by atoms with Gasteiger partial charge in [-0.1, -0.05) is 25.7 Å². The highest BCUT2D eigenvalue weighted by Crippen LogP contribution is 2.43. The fourth-order valence-electron chi connectivity index (χ4n) is 1.68. The summed E-state index contributed by atoms with van der Waals surface area (Å²) < 4.78 is 0. The molecule has 1 aliphatic rings. The smallest absolute Gasteiger partial charge is 0.137 e. The number of carbonyl (C=O) groups is 1. The zero-order chi connectivity index (χ0) is 12.3. The molecule has 2 rings (SSSR count). The Balaban J connectivity index is 2.16. The van der Waals surface area contributed by atoms with Gasteiger partial charge in [0.1, 0.15) is 10.8 Å². The topological polar surface area (TPSA) is 30.0 Å². The summed E-state index contributed by atoms with van der Waals surface area (Å²) in [5.41, 5.74) is 1.00. The van der Waals surface area contributed by atoms with Crippen LogP contribution in [0.2, 0.25) is 0 Å². The van der Waals surface area contributed by atoms with E-state index in [9.17, 15) is 4.79 Å². The van der Waals surface area contributed by atoms with Crippen molar-refractivity contribution >= 4 is 22.7 Å². The van der Waals surface area contributed by atoms with Gasteiger partial charge < -0.3 is 0 Å². The molecule has 0 atom stereocenters. The van der Waals surface area contributed by atoms with E-state index in [0.717, 1.165) is 16.5 Å². The SMILES string of the molecule is C=C/C=C(\CC(=O)CC)c1ncc(C2CC2)s1. The van der Waals surface area contributed by atoms with E-state index in [-0.39, 0.29) is 5.78 Å². The second-order valence-electron chi connectivity index (χ2n) is 4.34. The van der Waals surface area contributed by atoms with E-state index in [1.165, 1.54) is 17.7 Å². The second-order valence-corrected chi connectivity index (χ2v) is 5.40. The van der Waals surface area contributed by atoms with E-state index in [4.69, 9.17) is 0 Å². The normalized spacial score (nSPS) is 15.9. The lowest BCUT2D eigenvalue weighted by molar-refractivity contribution is -0.117. The molecule has 1 heterocycles. The monoisotopic (exact) mass is 247 g/mol. The van der Waals surface area contributed by atoms with E-state index < -0.39 is 0 Å². The minimum Gasteiger partial charge on any atom is -0.299 e. The number of allylic oxidation sites excluding steroid dienone is 3. The van der Waals surface area contributed by atoms with E-state index in [0.29, 0.717) is 12.8 Å². The number of thiazole rings is 1. The molecular weight excluding hydrogens is 230 g/mol. The second kappa shape index (κ2) is 5.41. The Bertz CT molecular complexity index is 455. The minimum atomic E-state index is 0.251. The predicted molar refractivity (Wildman–Crippen MR) is 72.2 cm³/mol. The Kier molecular flexibility index (Phi) is 3.89. The average molecular weight is 247 g/mol. The molecule has 0 spiro atoms. The van der Waals surface area contributed by atoms with Crippen LogP contribution in [-0.4, -0.2) is 10.8 Å². The number of rotatable bonds is 6. The van der Waals surface area contributed by atoms with Crippen LogP contribution in [-0.2, 0) is 4.79 Å². The summed E-state index contributed by atoms with van der Waals surface area (Å²) in [6.45, 7) is 5.60. The number of ketones is 1. The molecule has 1 aromatic heterocycles. The van der Waals surface area contributed by atoms with Gasteiger partial charge in [0.05, 0.1) is 0 Å². The van der Waals surface area contributed by atoms with Crippen LogP contribution < -0.4 is 0 Å². The van der Waals surface area contributed by atoms with Gasteiger partial charge in [0, 0.05) is 23.9 Å². The maximum absolute atomic E-state index is 11.5. The lowest BCUT2D eigenvalue weighted by Gasteiger charge is -2.01. The molecular formula is C14H17NOS. The van der Waals surface area contributed by atoms with Gasteiger partial charge in [-0.05, 0) is 24.3 Å². The zero-order valence-electron chi connectivity index (χ0n) is 10.1. The highest BCUT2D eigenvalue weighted by molar-refractivity contribution is 7.12. The Labute approximate surface area is 106 Å². The quantitative estimate of drug-likeness (QED) is 0.712. The molecule has 0 aromatic carbocycles. The van der Waals surface area contributed by atoms with Crippen molar-refractivity contribution < 1.29 is 4.79 Å². The van der Waals surface area contributed by atoms with Crippen molar-refractivity contribution in [2.75, 3.05) is 0 Å². The van der Waals surface area contributed by atoms with Gasteiger partial charge in [-0.3, -0.25) is 4.79 Å². The summed E-state index contributed by atoms with van der Waals surface area (Å²) in [6, 6.07) is 0. The molecule has 1 aromatic rings. The molecule has 1 aliphatic carbocycles. The maximum atomic E-state index is 11.5. The van der Waals surface area contributed by atoms with Crippen LogP contribution in [0.25, 0.3) is 5.57 Å². The first-order valence-corrected chi connectivity index (χ1v) is 6.85. The van der Waals surface area contributed by atoms with Crippen molar-refractivity contribution in [1.82, 2.24) is 4.98 Å². The van der Waals surface area contributed by atoms with E-state index >= 15 is 0 Å². The molecule has 2 nitrogen and oxygen atoms in total. The van der Waals surface area contributed by atoms with Gasteiger partial charge in [-0.2, -0.15) is 0 Å². The Morgan fingerprint density at radius 3 is 3.00 bits per heavy atom. The summed E-state index contributed by atoms with van der Waals surface area (Å²) >= 11 is 1.72. The molecule has 90 valence electrons. The first kappa shape index (κ1) is 12.2. The largest absolute Gasteiger partial charge is 0.299 e. The molecule has 0 radical (unpaired) electrons. The number of nitrogens with zero attached hydrogens (tertiary/aromatic N) is 1. The Morgan fingerprint density at radius 1 is 1.65 bits per heavy atom. The van der Waals surface area contributed by atoms with Crippen LogP contribution >= 0.6 is 11.3 Å². The molecule has 0 saturated heterocycles. The molecule has 0 N–H and O–H groups in total. The molecule has 17 heavy (non-hydrogen) atoms. The summed E-state index contributed by atoms with van der Waals surface area (Å²) in [7, 11) is 0. The molecule has 0 aliphatic heterocycles. The van der Waals surface area contributed by atoms with Crippen molar-refractivity contribution in [2.24, 2.45) is 0 Å². The third-order valence-corrected chi connectivity index (χ3v) is 4.11. The molecule has 0 amide bonds. The van der Waals surface area contributed by atoms with Crippen molar-refractivity contribution in [3.8, 4) is 0 Å². The maximum Gasteiger partial charge on any atom is 0.137 e. The number of hydrogen-bond donors (Lipinski definition) is 0. The zero-order valence-corrected chi connectivity index (χ0v) is 10.9. The van der Waals surface area contributed by atoms with Gasteiger partial charge in [0.25, 0.3) is 0 Å². The van der Waals surface area contributed by atoms with Crippen LogP contribution in [0.1, 0.15) is 48.4 Å². The third-order valence-electron chi connectivity index (χ3n) is 2.88. The van der Waals surface area contributed by atoms with Crippen LogP contribution in [0.5, 0.6) is 0 Å². The highest BCUT2D eigenvalue weighted by atomic mass is 32.1. The molecule has 0 bridgehead atoms. The molecule has 0 unspecified atom stereocenters. The minimum absolute atomic E-state index is 0.251. The molecule has 3 heteroatoms. The summed E-state index contributed by atoms with van der Waals surface area (Å²) in [4.78, 5) is 17.3. The van der Waals surface area contributed by atoms with Crippen molar-refractivity contribution in [1.29, 1.82) is 0 Å². The van der Waals surface area contributed by atoms with Gasteiger partial charge in [0.15, 0.2) is 0 Å². The number of Topliss-reactive ketones (excluding diaryl/α,β-unsaturated/α-hetero) is 1. The number of hydrogen-bond acceptors (Lipinski definition) is 3. The fourth-order valence-corrected chi connectivity index (χ4v) is 2.78. The van der Waals surface area contributed by atoms with E-state index in [1.807, 2.05) is 19.2 Å². The van der Waals surface area contributed by atoms with Gasteiger partial charge in [0.2, 0.25) is 0 Å². The Morgan fingerprint density at radius 2 is 2.41 bits per heavy atom. The first-order chi connectivity index (χ1) is 8.24. The van der Waals surface area contributed by atoms with Crippen LogP contribution in [0.3, 0.4) is 0 Å². The molecule has 1 fully saturated rings. The first-order valence-electron chi connectivity index (χ1n) is 6.04. The van der Waals surface area contributed by atoms with Crippen LogP contribution in [0.4, 0.5) is 0 Å². The van der Waals surface area contributed by atoms with E-state index in [2.05, 4.69) is 11.6 Å². The lowest BCUT2D eigenvalue weighted by atomic mass is 10.1. The standard InChI is InChI=1S/C14H17NOS/c1-3-5-11(8-12(16)4-2)14-15-9-13(17-14)10-6-7-10/h3,5,9-10H,1,4,6-8H2,2H3/b11-5+. The Hall–Kier alpha value is -1.22. The lowest BCUT2D eigenvalue weighted by Crippen LogP contribution is -1.96. The molecule has 1 saturated carbocycles. The van der Waals surface area contributed by atoms with E-state index in [1.54, 1.807) is 17.4 Å². The summed E-state index contributed by atoms with van der Waals surface area (Å²) in [5, 5.41) is 0.980. The number of aromatic nitrogens is 1. The third kappa shape index (κ3) is 3.13. The van der Waals surface area contributed by atoms with Gasteiger partial charge in [-0.25, -0.2) is 4.98 Å².